The van der Waals surface area contributed by atoms with Crippen LogP contribution < -0.4 is 0 Å². The average Bonchev–Trinajstić information content (AvgIpc) is 2.97. The van der Waals surface area contributed by atoms with Gasteiger partial charge < -0.3 is 14.2 Å². The SMILES string of the molecule is CCOC(=O)C1(C(=O)OCC)CC2CC(=O)/C(=C/OC)C2C1. The molecule has 2 atom stereocenters. The number of carbonyl (C=O) groups excluding carboxylic acids is 3. The molecule has 0 N–H and O–H groups in total. The molecule has 0 aromatic carbocycles. The molecule has 6 nitrogen and oxygen atoms in total. The Bertz CT molecular complexity index is 489. The second-order valence-electron chi connectivity index (χ2n) is 5.73. The largest absolute Gasteiger partial charge is 0.504 e. The van der Waals surface area contributed by atoms with Gasteiger partial charge in [0.1, 0.15) is 0 Å². The van der Waals surface area contributed by atoms with E-state index in [2.05, 4.69) is 0 Å². The Kier molecular flexibility index (Phi) is 4.88. The van der Waals surface area contributed by atoms with Gasteiger partial charge in [-0.2, -0.15) is 0 Å². The number of allylic oxidation sites excluding steroid dienone is 1. The summed E-state index contributed by atoms with van der Waals surface area (Å²) in [4.78, 5) is 36.8. The molecule has 2 aliphatic carbocycles. The van der Waals surface area contributed by atoms with Crippen molar-refractivity contribution in [3.05, 3.63) is 11.8 Å². The van der Waals surface area contributed by atoms with E-state index >= 15 is 0 Å². The number of rotatable bonds is 5. The number of hydrogen-bond donors (Lipinski definition) is 0. The maximum atomic E-state index is 12.4. The highest BCUT2D eigenvalue weighted by Crippen LogP contribution is 2.55. The molecule has 2 saturated carbocycles. The maximum Gasteiger partial charge on any atom is 0.323 e. The van der Waals surface area contributed by atoms with Gasteiger partial charge in [0.25, 0.3) is 0 Å². The number of hydrogen-bond acceptors (Lipinski definition) is 6. The Balaban J connectivity index is 2.31. The van der Waals surface area contributed by atoms with Gasteiger partial charge in [-0.05, 0) is 38.5 Å². The Labute approximate surface area is 129 Å². The summed E-state index contributed by atoms with van der Waals surface area (Å²) in [6.45, 7) is 3.81. The molecule has 0 radical (unpaired) electrons. The highest BCUT2D eigenvalue weighted by atomic mass is 16.6. The lowest BCUT2D eigenvalue weighted by atomic mass is 9.83. The van der Waals surface area contributed by atoms with E-state index in [1.807, 2.05) is 0 Å². The summed E-state index contributed by atoms with van der Waals surface area (Å²) in [6.07, 6.45) is 2.30. The normalized spacial score (nSPS) is 27.6. The second kappa shape index (κ2) is 6.50. The first kappa shape index (κ1) is 16.5. The van der Waals surface area contributed by atoms with Crippen molar-refractivity contribution in [1.82, 2.24) is 0 Å². The highest BCUT2D eigenvalue weighted by Gasteiger charge is 2.61. The van der Waals surface area contributed by atoms with E-state index in [9.17, 15) is 14.4 Å². The fourth-order valence-corrected chi connectivity index (χ4v) is 3.59. The van der Waals surface area contributed by atoms with Crippen molar-refractivity contribution >= 4 is 17.7 Å². The van der Waals surface area contributed by atoms with Crippen molar-refractivity contribution in [3.63, 3.8) is 0 Å². The molecule has 0 aromatic heterocycles. The van der Waals surface area contributed by atoms with E-state index in [1.54, 1.807) is 13.8 Å². The van der Waals surface area contributed by atoms with Gasteiger partial charge in [0.15, 0.2) is 11.2 Å². The lowest BCUT2D eigenvalue weighted by Crippen LogP contribution is -2.40. The van der Waals surface area contributed by atoms with Gasteiger partial charge in [-0.1, -0.05) is 0 Å². The fourth-order valence-electron chi connectivity index (χ4n) is 3.59. The van der Waals surface area contributed by atoms with E-state index < -0.39 is 17.4 Å². The van der Waals surface area contributed by atoms with Crippen molar-refractivity contribution in [2.45, 2.75) is 33.1 Å². The van der Waals surface area contributed by atoms with Gasteiger partial charge in [0.2, 0.25) is 0 Å². The summed E-state index contributed by atoms with van der Waals surface area (Å²) in [6, 6.07) is 0. The fraction of sp³-hybridized carbons (Fsp3) is 0.688. The third-order valence-electron chi connectivity index (χ3n) is 4.49. The third-order valence-corrected chi connectivity index (χ3v) is 4.49. The monoisotopic (exact) mass is 310 g/mol. The number of ether oxygens (including phenoxy) is 3. The summed E-state index contributed by atoms with van der Waals surface area (Å²) >= 11 is 0. The van der Waals surface area contributed by atoms with Crippen LogP contribution in [-0.4, -0.2) is 38.0 Å². The Morgan fingerprint density at radius 1 is 1.18 bits per heavy atom. The van der Waals surface area contributed by atoms with Crippen LogP contribution in [-0.2, 0) is 28.6 Å². The van der Waals surface area contributed by atoms with Crippen molar-refractivity contribution in [1.29, 1.82) is 0 Å². The average molecular weight is 310 g/mol. The molecule has 0 aromatic rings. The molecular weight excluding hydrogens is 288 g/mol. The smallest absolute Gasteiger partial charge is 0.323 e. The molecular formula is C16H22O6. The molecule has 2 fully saturated rings. The number of Topliss-reactive ketones (excluding diaryl/α,β-unsaturated/α-hetero) is 1. The predicted octanol–water partition coefficient (Wildman–Crippen LogP) is 1.63. The van der Waals surface area contributed by atoms with Gasteiger partial charge in [0, 0.05) is 12.0 Å². The van der Waals surface area contributed by atoms with Crippen LogP contribution in [0.4, 0.5) is 0 Å². The first-order chi connectivity index (χ1) is 10.5. The summed E-state index contributed by atoms with van der Waals surface area (Å²) in [5.74, 6) is -1.26. The number of fused-ring (bicyclic) bond motifs is 1. The molecule has 0 spiro atoms. The first-order valence-corrected chi connectivity index (χ1v) is 7.60. The van der Waals surface area contributed by atoms with Crippen LogP contribution in [0.1, 0.15) is 33.1 Å². The molecule has 6 heteroatoms. The minimum absolute atomic E-state index is 0.0261. The van der Waals surface area contributed by atoms with Crippen LogP contribution in [0.2, 0.25) is 0 Å². The van der Waals surface area contributed by atoms with Gasteiger partial charge in [-0.3, -0.25) is 14.4 Å². The third kappa shape index (κ3) is 2.62. The topological polar surface area (TPSA) is 78.9 Å². The van der Waals surface area contributed by atoms with E-state index in [0.717, 1.165) is 0 Å². The number of esters is 2. The summed E-state index contributed by atoms with van der Waals surface area (Å²) in [5, 5.41) is 0. The molecule has 2 unspecified atom stereocenters. The molecule has 0 amide bonds. The molecule has 122 valence electrons. The van der Waals surface area contributed by atoms with Crippen molar-refractivity contribution in [2.24, 2.45) is 17.3 Å². The molecule has 22 heavy (non-hydrogen) atoms. The quantitative estimate of drug-likeness (QED) is 0.332. The van der Waals surface area contributed by atoms with Crippen LogP contribution in [0.15, 0.2) is 11.8 Å². The lowest BCUT2D eigenvalue weighted by molar-refractivity contribution is -0.172. The van der Waals surface area contributed by atoms with E-state index in [0.29, 0.717) is 18.4 Å². The molecule has 0 saturated heterocycles. The van der Waals surface area contributed by atoms with Gasteiger partial charge in [0.05, 0.1) is 26.6 Å². The summed E-state index contributed by atoms with van der Waals surface area (Å²) < 4.78 is 15.2. The summed E-state index contributed by atoms with van der Waals surface area (Å²) in [5.41, 5.74) is -0.738. The van der Waals surface area contributed by atoms with Crippen LogP contribution in [0, 0.1) is 17.3 Å². The zero-order valence-corrected chi connectivity index (χ0v) is 13.2. The van der Waals surface area contributed by atoms with Gasteiger partial charge in [-0.15, -0.1) is 0 Å². The predicted molar refractivity (Wildman–Crippen MR) is 76.6 cm³/mol. The Morgan fingerprint density at radius 3 is 2.27 bits per heavy atom. The zero-order valence-electron chi connectivity index (χ0n) is 13.2. The van der Waals surface area contributed by atoms with Crippen LogP contribution in [0.25, 0.3) is 0 Å². The van der Waals surface area contributed by atoms with E-state index in [4.69, 9.17) is 14.2 Å². The van der Waals surface area contributed by atoms with E-state index in [-0.39, 0.29) is 37.3 Å². The number of ketones is 1. The van der Waals surface area contributed by atoms with Crippen LogP contribution in [0.5, 0.6) is 0 Å². The highest BCUT2D eigenvalue weighted by molar-refractivity contribution is 6.03. The Morgan fingerprint density at radius 2 is 1.77 bits per heavy atom. The zero-order chi connectivity index (χ0) is 16.3. The standard InChI is InChI=1S/C16H22O6/c1-4-21-14(18)16(15(19)22-5-2)7-10-6-13(17)12(9-20-3)11(10)8-16/h9-11H,4-8H2,1-3H3/b12-9+. The minimum Gasteiger partial charge on any atom is -0.504 e. The molecule has 0 heterocycles. The van der Waals surface area contributed by atoms with Gasteiger partial charge in [-0.25, -0.2) is 0 Å². The second-order valence-corrected chi connectivity index (χ2v) is 5.73. The number of carbonyl (C=O) groups is 3. The van der Waals surface area contributed by atoms with Crippen LogP contribution in [0.3, 0.4) is 0 Å². The van der Waals surface area contributed by atoms with Crippen molar-refractivity contribution in [2.75, 3.05) is 20.3 Å². The molecule has 0 aliphatic heterocycles. The Hall–Kier alpha value is -1.85. The number of methoxy groups -OCH3 is 1. The lowest BCUT2D eigenvalue weighted by Gasteiger charge is -2.25. The van der Waals surface area contributed by atoms with Crippen molar-refractivity contribution < 1.29 is 28.6 Å². The van der Waals surface area contributed by atoms with Crippen molar-refractivity contribution in [3.8, 4) is 0 Å². The van der Waals surface area contributed by atoms with E-state index in [1.165, 1.54) is 13.4 Å². The summed E-state index contributed by atoms with van der Waals surface area (Å²) in [7, 11) is 1.48. The minimum atomic E-state index is -1.30. The molecule has 2 rings (SSSR count). The van der Waals surface area contributed by atoms with Crippen LogP contribution >= 0.6 is 0 Å². The first-order valence-electron chi connectivity index (χ1n) is 7.60. The maximum absolute atomic E-state index is 12.4. The molecule has 2 aliphatic rings. The van der Waals surface area contributed by atoms with Gasteiger partial charge >= 0.3 is 11.9 Å². The molecule has 0 bridgehead atoms.